The summed E-state index contributed by atoms with van der Waals surface area (Å²) in [6.07, 6.45) is 0.953. The number of halogens is 1. The lowest BCUT2D eigenvalue weighted by atomic mass is 10.0. The Balaban J connectivity index is 1.78. The van der Waals surface area contributed by atoms with Gasteiger partial charge in [0.15, 0.2) is 6.10 Å². The third-order valence-electron chi connectivity index (χ3n) is 3.82. The van der Waals surface area contributed by atoms with E-state index < -0.39 is 6.10 Å². The van der Waals surface area contributed by atoms with Crippen molar-refractivity contribution in [3.05, 3.63) is 29.3 Å². The Labute approximate surface area is 140 Å². The predicted molar refractivity (Wildman–Crippen MR) is 88.3 cm³/mol. The van der Waals surface area contributed by atoms with Gasteiger partial charge in [0.05, 0.1) is 11.6 Å². The lowest BCUT2D eigenvalue weighted by Gasteiger charge is -2.32. The van der Waals surface area contributed by atoms with E-state index in [9.17, 15) is 9.59 Å². The average Bonchev–Trinajstić information content (AvgIpc) is 2.51. The maximum Gasteiger partial charge on any atom is 0.260 e. The zero-order valence-electron chi connectivity index (χ0n) is 13.1. The van der Waals surface area contributed by atoms with Crippen LogP contribution in [0.25, 0.3) is 0 Å². The fourth-order valence-electron chi connectivity index (χ4n) is 2.56. The smallest absolute Gasteiger partial charge is 0.260 e. The highest BCUT2D eigenvalue weighted by Crippen LogP contribution is 2.24. The fourth-order valence-corrected chi connectivity index (χ4v) is 2.74. The van der Waals surface area contributed by atoms with E-state index in [1.54, 1.807) is 31.2 Å². The van der Waals surface area contributed by atoms with Crippen molar-refractivity contribution >= 4 is 23.4 Å². The van der Waals surface area contributed by atoms with Crippen molar-refractivity contribution in [2.45, 2.75) is 31.9 Å². The van der Waals surface area contributed by atoms with Gasteiger partial charge >= 0.3 is 0 Å². The van der Waals surface area contributed by atoms with E-state index in [0.29, 0.717) is 10.8 Å². The number of carbonyl (C=O) groups excluding carboxylic acids is 2. The van der Waals surface area contributed by atoms with Gasteiger partial charge in [0, 0.05) is 19.1 Å². The molecule has 0 bridgehead atoms. The first-order valence-electron chi connectivity index (χ1n) is 7.68. The van der Waals surface area contributed by atoms with Crippen molar-refractivity contribution in [2.75, 3.05) is 19.6 Å². The summed E-state index contributed by atoms with van der Waals surface area (Å²) in [5, 5.41) is 3.46. The number of nitrogens with two attached hydrogens (primary N) is 1. The highest BCUT2D eigenvalue weighted by atomic mass is 35.5. The quantitative estimate of drug-likeness (QED) is 0.815. The summed E-state index contributed by atoms with van der Waals surface area (Å²) in [7, 11) is 0. The number of ether oxygens (including phenoxy) is 1. The Morgan fingerprint density at radius 3 is 2.65 bits per heavy atom. The third-order valence-corrected chi connectivity index (χ3v) is 4.14. The van der Waals surface area contributed by atoms with Crippen LogP contribution in [-0.2, 0) is 9.59 Å². The van der Waals surface area contributed by atoms with Gasteiger partial charge in [-0.3, -0.25) is 14.5 Å². The number of hydrogen-bond acceptors (Lipinski definition) is 4. The number of rotatable bonds is 6. The molecule has 126 valence electrons. The van der Waals surface area contributed by atoms with Crippen LogP contribution >= 0.6 is 11.6 Å². The summed E-state index contributed by atoms with van der Waals surface area (Å²) in [5.74, 6) is 0.000567. The van der Waals surface area contributed by atoms with Crippen molar-refractivity contribution in [3.8, 4) is 5.75 Å². The van der Waals surface area contributed by atoms with E-state index in [1.807, 2.05) is 4.90 Å². The van der Waals surface area contributed by atoms with Gasteiger partial charge in [0.1, 0.15) is 5.75 Å². The van der Waals surface area contributed by atoms with Crippen LogP contribution in [-0.4, -0.2) is 48.5 Å². The lowest BCUT2D eigenvalue weighted by molar-refractivity contribution is -0.128. The van der Waals surface area contributed by atoms with Crippen LogP contribution in [0, 0.1) is 0 Å². The molecule has 1 fully saturated rings. The van der Waals surface area contributed by atoms with E-state index in [4.69, 9.17) is 22.1 Å². The number of nitrogens with one attached hydrogen (secondary N) is 1. The molecule has 1 unspecified atom stereocenters. The Bertz CT molecular complexity index is 559. The van der Waals surface area contributed by atoms with E-state index in [0.717, 1.165) is 25.9 Å². The normalized spacial score (nSPS) is 17.5. The molecule has 2 rings (SSSR count). The van der Waals surface area contributed by atoms with E-state index >= 15 is 0 Å². The standard InChI is InChI=1S/C16H22ClN3O3/c1-11(23-14-5-3-2-4-13(14)17)16(22)19-12-6-8-20(9-7-12)10-15(18)21/h2-5,11-12H,6-10H2,1H3,(H2,18,21)(H,19,22). The third kappa shape index (κ3) is 5.41. The summed E-state index contributed by atoms with van der Waals surface area (Å²) in [6, 6.07) is 7.15. The summed E-state index contributed by atoms with van der Waals surface area (Å²) in [4.78, 5) is 25.1. The number of hydrogen-bond donors (Lipinski definition) is 2. The van der Waals surface area contributed by atoms with Gasteiger partial charge in [-0.2, -0.15) is 0 Å². The van der Waals surface area contributed by atoms with E-state index in [-0.39, 0.29) is 24.4 Å². The molecule has 23 heavy (non-hydrogen) atoms. The molecule has 1 aromatic rings. The minimum absolute atomic E-state index is 0.0870. The zero-order chi connectivity index (χ0) is 16.8. The molecule has 6 nitrogen and oxygen atoms in total. The molecule has 1 saturated heterocycles. The molecule has 0 spiro atoms. The number of benzene rings is 1. The second-order valence-corrected chi connectivity index (χ2v) is 6.12. The van der Waals surface area contributed by atoms with Crippen molar-refractivity contribution in [1.29, 1.82) is 0 Å². The minimum Gasteiger partial charge on any atom is -0.479 e. The van der Waals surface area contributed by atoms with E-state index in [2.05, 4.69) is 5.32 Å². The summed E-state index contributed by atoms with van der Waals surface area (Å²) < 4.78 is 5.61. The summed E-state index contributed by atoms with van der Waals surface area (Å²) in [6.45, 7) is 3.45. The summed E-state index contributed by atoms with van der Waals surface area (Å²) in [5.41, 5.74) is 5.19. The monoisotopic (exact) mass is 339 g/mol. The predicted octanol–water partition coefficient (Wildman–Crippen LogP) is 1.17. The Hall–Kier alpha value is -1.79. The van der Waals surface area contributed by atoms with Gasteiger partial charge in [-0.05, 0) is 31.9 Å². The van der Waals surface area contributed by atoms with Crippen LogP contribution in [0.4, 0.5) is 0 Å². The van der Waals surface area contributed by atoms with Crippen LogP contribution in [0.15, 0.2) is 24.3 Å². The maximum atomic E-state index is 12.2. The first-order chi connectivity index (χ1) is 11.0. The Kier molecular flexibility index (Phi) is 6.24. The van der Waals surface area contributed by atoms with E-state index in [1.165, 1.54) is 0 Å². The number of para-hydroxylation sites is 1. The molecule has 7 heteroatoms. The van der Waals surface area contributed by atoms with Crippen LogP contribution in [0.5, 0.6) is 5.75 Å². The van der Waals surface area contributed by atoms with Gasteiger partial charge in [-0.1, -0.05) is 23.7 Å². The first kappa shape index (κ1) is 17.6. The van der Waals surface area contributed by atoms with Crippen molar-refractivity contribution in [3.63, 3.8) is 0 Å². The molecule has 0 saturated carbocycles. The molecule has 2 amide bonds. The van der Waals surface area contributed by atoms with Crippen molar-refractivity contribution in [2.24, 2.45) is 5.73 Å². The molecule has 1 heterocycles. The van der Waals surface area contributed by atoms with Crippen LogP contribution < -0.4 is 15.8 Å². The maximum absolute atomic E-state index is 12.2. The van der Waals surface area contributed by atoms with Crippen LogP contribution in [0.1, 0.15) is 19.8 Å². The number of amides is 2. The zero-order valence-corrected chi connectivity index (χ0v) is 13.9. The molecule has 1 aliphatic rings. The largest absolute Gasteiger partial charge is 0.479 e. The molecular formula is C16H22ClN3O3. The van der Waals surface area contributed by atoms with Gasteiger partial charge in [0.2, 0.25) is 5.91 Å². The Morgan fingerprint density at radius 1 is 1.39 bits per heavy atom. The fraction of sp³-hybridized carbons (Fsp3) is 0.500. The molecule has 0 aliphatic carbocycles. The number of likely N-dealkylation sites (tertiary alicyclic amines) is 1. The molecule has 3 N–H and O–H groups in total. The first-order valence-corrected chi connectivity index (χ1v) is 8.05. The second kappa shape index (κ2) is 8.17. The topological polar surface area (TPSA) is 84.7 Å². The van der Waals surface area contributed by atoms with Gasteiger partial charge < -0.3 is 15.8 Å². The molecular weight excluding hydrogens is 318 g/mol. The molecule has 1 atom stereocenters. The van der Waals surface area contributed by atoms with Crippen molar-refractivity contribution < 1.29 is 14.3 Å². The van der Waals surface area contributed by atoms with Gasteiger partial charge in [0.25, 0.3) is 5.91 Å². The molecule has 1 aromatic carbocycles. The van der Waals surface area contributed by atoms with Gasteiger partial charge in [-0.15, -0.1) is 0 Å². The highest BCUT2D eigenvalue weighted by Gasteiger charge is 2.24. The number of nitrogens with zero attached hydrogens (tertiary/aromatic N) is 1. The molecule has 1 aliphatic heterocycles. The Morgan fingerprint density at radius 2 is 2.04 bits per heavy atom. The number of primary amides is 1. The van der Waals surface area contributed by atoms with Gasteiger partial charge in [-0.25, -0.2) is 0 Å². The molecule has 0 radical (unpaired) electrons. The average molecular weight is 340 g/mol. The van der Waals surface area contributed by atoms with Crippen LogP contribution in [0.3, 0.4) is 0 Å². The minimum atomic E-state index is -0.626. The van der Waals surface area contributed by atoms with Crippen molar-refractivity contribution in [1.82, 2.24) is 10.2 Å². The lowest BCUT2D eigenvalue weighted by Crippen LogP contribution is -2.49. The SMILES string of the molecule is CC(Oc1ccccc1Cl)C(=O)NC1CCN(CC(N)=O)CC1. The summed E-state index contributed by atoms with van der Waals surface area (Å²) >= 11 is 6.02. The number of carbonyl (C=O) groups is 2. The second-order valence-electron chi connectivity index (χ2n) is 5.72. The highest BCUT2D eigenvalue weighted by molar-refractivity contribution is 6.32. The van der Waals surface area contributed by atoms with Crippen LogP contribution in [0.2, 0.25) is 5.02 Å². The number of piperidine rings is 1. The molecule has 0 aromatic heterocycles.